The zero-order valence-electron chi connectivity index (χ0n) is 8.77. The summed E-state index contributed by atoms with van der Waals surface area (Å²) in [4.78, 5) is 32.8. The molecule has 5 N–H and O–H groups in total. The van der Waals surface area contributed by atoms with Gasteiger partial charge >= 0.3 is 5.97 Å². The van der Waals surface area contributed by atoms with Crippen LogP contribution in [0.3, 0.4) is 0 Å². The van der Waals surface area contributed by atoms with E-state index < -0.39 is 36.4 Å². The van der Waals surface area contributed by atoms with Crippen molar-refractivity contribution in [3.05, 3.63) is 0 Å². The Hall–Kier alpha value is -1.28. The fraction of sp³-hybridized carbons (Fsp3) is 0.625. The van der Waals surface area contributed by atoms with Gasteiger partial charge in [0.05, 0.1) is 6.04 Å². The standard InChI is InChI=1S/C8H15N3O4S/c1-4(9)7(14)11-5(3-16)8(15)10-2-6(12)13/h4-5,16H,2-3,9H2,1H3,(H,10,15)(H,11,14)(H,12,13). The average molecular weight is 249 g/mol. The van der Waals surface area contributed by atoms with Crippen LogP contribution in [0.2, 0.25) is 0 Å². The van der Waals surface area contributed by atoms with E-state index >= 15 is 0 Å². The van der Waals surface area contributed by atoms with Gasteiger partial charge in [0, 0.05) is 5.75 Å². The first kappa shape index (κ1) is 14.7. The first-order valence-corrected chi connectivity index (χ1v) is 5.18. The molecule has 0 radical (unpaired) electrons. The number of thiol groups is 1. The highest BCUT2D eigenvalue weighted by Gasteiger charge is 2.20. The normalized spacial score (nSPS) is 13.7. The molecule has 92 valence electrons. The summed E-state index contributed by atoms with van der Waals surface area (Å²) in [7, 11) is 0. The molecule has 2 atom stereocenters. The van der Waals surface area contributed by atoms with Gasteiger partial charge in [-0.25, -0.2) is 0 Å². The maximum atomic E-state index is 11.4. The molecule has 0 aliphatic heterocycles. The van der Waals surface area contributed by atoms with Gasteiger partial charge in [0.25, 0.3) is 0 Å². The van der Waals surface area contributed by atoms with Crippen LogP contribution in [0.1, 0.15) is 6.92 Å². The number of carbonyl (C=O) groups is 3. The van der Waals surface area contributed by atoms with E-state index in [9.17, 15) is 14.4 Å². The Morgan fingerprint density at radius 1 is 1.38 bits per heavy atom. The number of nitrogens with two attached hydrogens (primary N) is 1. The predicted molar refractivity (Wildman–Crippen MR) is 60.1 cm³/mol. The summed E-state index contributed by atoms with van der Waals surface area (Å²) in [5, 5.41) is 12.8. The molecule has 0 saturated carbocycles. The van der Waals surface area contributed by atoms with Crippen molar-refractivity contribution < 1.29 is 19.5 Å². The number of hydrogen-bond acceptors (Lipinski definition) is 5. The lowest BCUT2D eigenvalue weighted by molar-refractivity contribution is -0.138. The van der Waals surface area contributed by atoms with Crippen LogP contribution in [0.5, 0.6) is 0 Å². The molecule has 0 fully saturated rings. The Bertz CT molecular complexity index is 282. The van der Waals surface area contributed by atoms with E-state index in [1.165, 1.54) is 6.92 Å². The van der Waals surface area contributed by atoms with E-state index in [1.54, 1.807) is 0 Å². The largest absolute Gasteiger partial charge is 0.480 e. The van der Waals surface area contributed by atoms with Gasteiger partial charge < -0.3 is 21.5 Å². The number of carboxylic acid groups (broad SMARTS) is 1. The molecule has 0 aromatic carbocycles. The predicted octanol–water partition coefficient (Wildman–Crippen LogP) is -2.05. The topological polar surface area (TPSA) is 122 Å². The van der Waals surface area contributed by atoms with E-state index in [1.807, 2.05) is 0 Å². The van der Waals surface area contributed by atoms with E-state index in [4.69, 9.17) is 10.8 Å². The SMILES string of the molecule is CC(N)C(=O)NC(CS)C(=O)NCC(=O)O. The van der Waals surface area contributed by atoms with Gasteiger partial charge in [-0.05, 0) is 6.92 Å². The molecular formula is C8H15N3O4S. The fourth-order valence-corrected chi connectivity index (χ4v) is 1.04. The van der Waals surface area contributed by atoms with Crippen molar-refractivity contribution in [3.63, 3.8) is 0 Å². The fourth-order valence-electron chi connectivity index (χ4n) is 0.783. The summed E-state index contributed by atoms with van der Waals surface area (Å²) in [6.07, 6.45) is 0. The van der Waals surface area contributed by atoms with Crippen LogP contribution in [0.15, 0.2) is 0 Å². The minimum absolute atomic E-state index is 0.0594. The number of carboxylic acids is 1. The van der Waals surface area contributed by atoms with Gasteiger partial charge in [0.15, 0.2) is 0 Å². The highest BCUT2D eigenvalue weighted by atomic mass is 32.1. The maximum Gasteiger partial charge on any atom is 0.322 e. The summed E-state index contributed by atoms with van der Waals surface area (Å²) in [5.41, 5.74) is 5.30. The molecule has 0 aromatic rings. The number of aliphatic carboxylic acids is 1. The third kappa shape index (κ3) is 5.56. The van der Waals surface area contributed by atoms with Crippen molar-refractivity contribution in [3.8, 4) is 0 Å². The Balaban J connectivity index is 4.22. The first-order chi connectivity index (χ1) is 7.38. The van der Waals surface area contributed by atoms with E-state index in [-0.39, 0.29) is 5.75 Å². The Morgan fingerprint density at radius 2 is 1.94 bits per heavy atom. The molecule has 0 heterocycles. The summed E-state index contributed by atoms with van der Waals surface area (Å²) >= 11 is 3.88. The van der Waals surface area contributed by atoms with Crippen molar-refractivity contribution in [1.29, 1.82) is 0 Å². The van der Waals surface area contributed by atoms with Crippen molar-refractivity contribution in [1.82, 2.24) is 10.6 Å². The monoisotopic (exact) mass is 249 g/mol. The molecule has 0 aromatic heterocycles. The highest BCUT2D eigenvalue weighted by molar-refractivity contribution is 7.80. The van der Waals surface area contributed by atoms with Crippen LogP contribution in [0.25, 0.3) is 0 Å². The molecule has 0 aliphatic rings. The average Bonchev–Trinajstić information content (AvgIpc) is 2.21. The smallest absolute Gasteiger partial charge is 0.322 e. The van der Waals surface area contributed by atoms with Crippen LogP contribution < -0.4 is 16.4 Å². The van der Waals surface area contributed by atoms with E-state index in [0.717, 1.165) is 0 Å². The quantitative estimate of drug-likeness (QED) is 0.347. The van der Waals surface area contributed by atoms with Crippen molar-refractivity contribution in [2.75, 3.05) is 12.3 Å². The van der Waals surface area contributed by atoms with Gasteiger partial charge in [-0.2, -0.15) is 12.6 Å². The number of nitrogens with one attached hydrogen (secondary N) is 2. The maximum absolute atomic E-state index is 11.4. The van der Waals surface area contributed by atoms with Gasteiger partial charge in [0.2, 0.25) is 11.8 Å². The lowest BCUT2D eigenvalue weighted by Gasteiger charge is -2.16. The lowest BCUT2D eigenvalue weighted by atomic mass is 10.2. The highest BCUT2D eigenvalue weighted by Crippen LogP contribution is 1.90. The second-order valence-corrected chi connectivity index (χ2v) is 3.51. The van der Waals surface area contributed by atoms with Gasteiger partial charge in [-0.1, -0.05) is 0 Å². The molecule has 0 bridgehead atoms. The summed E-state index contributed by atoms with van der Waals surface area (Å²) in [6, 6.07) is -1.63. The molecule has 0 aliphatic carbocycles. The number of amides is 2. The number of carbonyl (C=O) groups excluding carboxylic acids is 2. The molecule has 0 saturated heterocycles. The van der Waals surface area contributed by atoms with Gasteiger partial charge in [-0.3, -0.25) is 14.4 Å². The van der Waals surface area contributed by atoms with Gasteiger partial charge in [-0.15, -0.1) is 0 Å². The minimum atomic E-state index is -1.16. The third-order valence-corrected chi connectivity index (χ3v) is 2.01. The van der Waals surface area contributed by atoms with Gasteiger partial charge in [0.1, 0.15) is 12.6 Å². The summed E-state index contributed by atoms with van der Waals surface area (Å²) in [6.45, 7) is 0.969. The van der Waals surface area contributed by atoms with Crippen LogP contribution in [-0.4, -0.2) is 47.3 Å². The van der Waals surface area contributed by atoms with Crippen molar-refractivity contribution >= 4 is 30.4 Å². The molecule has 7 nitrogen and oxygen atoms in total. The van der Waals surface area contributed by atoms with Crippen LogP contribution in [0, 0.1) is 0 Å². The van der Waals surface area contributed by atoms with Crippen molar-refractivity contribution in [2.45, 2.75) is 19.0 Å². The molecule has 2 amide bonds. The van der Waals surface area contributed by atoms with Crippen LogP contribution in [-0.2, 0) is 14.4 Å². The number of hydrogen-bond donors (Lipinski definition) is 5. The minimum Gasteiger partial charge on any atom is -0.480 e. The summed E-state index contributed by atoms with van der Waals surface area (Å²) < 4.78 is 0. The Kier molecular flexibility index (Phi) is 6.50. The van der Waals surface area contributed by atoms with Crippen LogP contribution >= 0.6 is 12.6 Å². The molecule has 16 heavy (non-hydrogen) atoms. The zero-order chi connectivity index (χ0) is 12.7. The second kappa shape index (κ2) is 7.07. The molecule has 0 spiro atoms. The first-order valence-electron chi connectivity index (χ1n) is 4.54. The zero-order valence-corrected chi connectivity index (χ0v) is 9.66. The van der Waals surface area contributed by atoms with Crippen molar-refractivity contribution in [2.24, 2.45) is 5.73 Å². The van der Waals surface area contributed by atoms with Crippen LogP contribution in [0.4, 0.5) is 0 Å². The van der Waals surface area contributed by atoms with E-state index in [2.05, 4.69) is 23.3 Å². The molecular weight excluding hydrogens is 234 g/mol. The Morgan fingerprint density at radius 3 is 2.31 bits per heavy atom. The van der Waals surface area contributed by atoms with E-state index in [0.29, 0.717) is 0 Å². The molecule has 8 heteroatoms. The lowest BCUT2D eigenvalue weighted by Crippen LogP contribution is -2.52. The molecule has 2 unspecified atom stereocenters. The second-order valence-electron chi connectivity index (χ2n) is 3.14. The molecule has 0 rings (SSSR count). The third-order valence-electron chi connectivity index (χ3n) is 1.64. The Labute approximate surface area is 98.2 Å². The summed E-state index contributed by atoms with van der Waals surface area (Å²) in [5.74, 6) is -2.20. The number of rotatable bonds is 6.